The highest BCUT2D eigenvalue weighted by molar-refractivity contribution is 6.30. The van der Waals surface area contributed by atoms with E-state index in [1.54, 1.807) is 13.2 Å². The lowest BCUT2D eigenvalue weighted by atomic mass is 10.1. The number of hydrogen-bond donors (Lipinski definition) is 1. The van der Waals surface area contributed by atoms with Crippen LogP contribution in [-0.4, -0.2) is 20.3 Å². The fraction of sp³-hybridized carbons (Fsp3) is 0.571. The van der Waals surface area contributed by atoms with Gasteiger partial charge in [-0.1, -0.05) is 24.9 Å². The predicted octanol–water partition coefficient (Wildman–Crippen LogP) is 3.64. The second kappa shape index (κ2) is 8.22. The van der Waals surface area contributed by atoms with Crippen molar-refractivity contribution < 1.29 is 9.47 Å². The fourth-order valence-corrected chi connectivity index (χ4v) is 1.97. The van der Waals surface area contributed by atoms with Gasteiger partial charge in [-0.05, 0) is 26.0 Å². The van der Waals surface area contributed by atoms with Gasteiger partial charge in [0.15, 0.2) is 11.5 Å². The zero-order valence-electron chi connectivity index (χ0n) is 11.4. The molecule has 0 atom stereocenters. The van der Waals surface area contributed by atoms with Crippen LogP contribution in [0.3, 0.4) is 0 Å². The molecule has 0 aliphatic rings. The maximum absolute atomic E-state index is 6.08. The number of benzene rings is 1. The Labute approximate surface area is 114 Å². The van der Waals surface area contributed by atoms with Gasteiger partial charge in [0, 0.05) is 23.2 Å². The van der Waals surface area contributed by atoms with Crippen LogP contribution in [0.2, 0.25) is 5.02 Å². The average Bonchev–Trinajstić information content (AvgIpc) is 2.37. The van der Waals surface area contributed by atoms with Gasteiger partial charge in [-0.15, -0.1) is 0 Å². The molecule has 0 radical (unpaired) electrons. The summed E-state index contributed by atoms with van der Waals surface area (Å²) >= 11 is 6.08. The van der Waals surface area contributed by atoms with Crippen molar-refractivity contribution in [2.75, 3.05) is 20.3 Å². The Morgan fingerprint density at radius 1 is 1.28 bits per heavy atom. The molecule has 0 heterocycles. The van der Waals surface area contributed by atoms with Gasteiger partial charge in [0.25, 0.3) is 0 Å². The Kier molecular flexibility index (Phi) is 6.91. The smallest absolute Gasteiger partial charge is 0.165 e. The van der Waals surface area contributed by atoms with Crippen molar-refractivity contribution in [3.05, 3.63) is 22.7 Å². The van der Waals surface area contributed by atoms with Crippen LogP contribution in [0.15, 0.2) is 12.1 Å². The first kappa shape index (κ1) is 15.1. The Balaban J connectivity index is 2.82. The Hall–Kier alpha value is -0.930. The van der Waals surface area contributed by atoms with E-state index in [0.717, 1.165) is 24.4 Å². The molecule has 3 nitrogen and oxygen atoms in total. The summed E-state index contributed by atoms with van der Waals surface area (Å²) in [5.41, 5.74) is 1.04. The van der Waals surface area contributed by atoms with Gasteiger partial charge in [-0.3, -0.25) is 0 Å². The van der Waals surface area contributed by atoms with Crippen LogP contribution >= 0.6 is 11.6 Å². The molecule has 0 bridgehead atoms. The minimum absolute atomic E-state index is 0.611. The predicted molar refractivity (Wildman–Crippen MR) is 75.8 cm³/mol. The van der Waals surface area contributed by atoms with Gasteiger partial charge in [0.2, 0.25) is 0 Å². The van der Waals surface area contributed by atoms with Crippen LogP contribution in [0.1, 0.15) is 32.3 Å². The summed E-state index contributed by atoms with van der Waals surface area (Å²) in [6.07, 6.45) is 2.35. The third-order valence-corrected chi connectivity index (χ3v) is 2.85. The van der Waals surface area contributed by atoms with Crippen molar-refractivity contribution in [3.8, 4) is 11.5 Å². The molecule has 1 aromatic carbocycles. The molecule has 4 heteroatoms. The minimum Gasteiger partial charge on any atom is -0.493 e. The summed E-state index contributed by atoms with van der Waals surface area (Å²) in [4.78, 5) is 0. The van der Waals surface area contributed by atoms with Gasteiger partial charge in [0.05, 0.1) is 13.7 Å². The topological polar surface area (TPSA) is 30.5 Å². The van der Waals surface area contributed by atoms with E-state index in [2.05, 4.69) is 12.2 Å². The first-order chi connectivity index (χ1) is 8.72. The second-order valence-corrected chi connectivity index (χ2v) is 4.50. The summed E-state index contributed by atoms with van der Waals surface area (Å²) in [6.45, 7) is 6.49. The highest BCUT2D eigenvalue weighted by Crippen LogP contribution is 2.34. The Morgan fingerprint density at radius 2 is 2.06 bits per heavy atom. The third-order valence-electron chi connectivity index (χ3n) is 2.63. The molecule has 0 unspecified atom stereocenters. The average molecular weight is 272 g/mol. The number of ether oxygens (including phenoxy) is 2. The first-order valence-corrected chi connectivity index (χ1v) is 6.80. The normalized spacial score (nSPS) is 10.4. The van der Waals surface area contributed by atoms with Gasteiger partial charge in [-0.25, -0.2) is 0 Å². The maximum atomic E-state index is 6.08. The number of hydrogen-bond acceptors (Lipinski definition) is 3. The van der Waals surface area contributed by atoms with Crippen LogP contribution in [0.4, 0.5) is 0 Å². The van der Waals surface area contributed by atoms with Crippen molar-refractivity contribution in [2.24, 2.45) is 0 Å². The summed E-state index contributed by atoms with van der Waals surface area (Å²) < 4.78 is 11.0. The van der Waals surface area contributed by atoms with Gasteiger partial charge in [0.1, 0.15) is 0 Å². The lowest BCUT2D eigenvalue weighted by molar-refractivity contribution is 0.307. The van der Waals surface area contributed by atoms with Gasteiger partial charge >= 0.3 is 0 Å². The van der Waals surface area contributed by atoms with Gasteiger partial charge in [-0.2, -0.15) is 0 Å². The number of methoxy groups -OCH3 is 1. The van der Waals surface area contributed by atoms with Crippen molar-refractivity contribution in [2.45, 2.75) is 33.2 Å². The highest BCUT2D eigenvalue weighted by Gasteiger charge is 2.12. The summed E-state index contributed by atoms with van der Waals surface area (Å²) in [5, 5.41) is 4.05. The molecule has 0 amide bonds. The van der Waals surface area contributed by atoms with Crippen molar-refractivity contribution in [1.29, 1.82) is 0 Å². The van der Waals surface area contributed by atoms with Crippen molar-refractivity contribution in [1.82, 2.24) is 5.32 Å². The summed E-state index contributed by atoms with van der Waals surface area (Å²) in [6, 6.07) is 3.70. The molecule has 0 fully saturated rings. The standard InChI is InChI=1S/C14H22ClNO2/c1-4-6-7-16-10-11-8-12(15)9-13(17-3)14(11)18-5-2/h8-9,16H,4-7,10H2,1-3H3. The first-order valence-electron chi connectivity index (χ1n) is 6.42. The van der Waals surface area contributed by atoms with Crippen LogP contribution in [0, 0.1) is 0 Å². The number of halogens is 1. The van der Waals surface area contributed by atoms with E-state index in [1.165, 1.54) is 12.8 Å². The molecule has 1 N–H and O–H groups in total. The van der Waals surface area contributed by atoms with E-state index in [9.17, 15) is 0 Å². The van der Waals surface area contributed by atoms with Crippen LogP contribution in [0.25, 0.3) is 0 Å². The van der Waals surface area contributed by atoms with Crippen LogP contribution in [-0.2, 0) is 6.54 Å². The number of unbranched alkanes of at least 4 members (excludes halogenated alkanes) is 1. The van der Waals surface area contributed by atoms with Crippen LogP contribution < -0.4 is 14.8 Å². The number of rotatable bonds is 8. The minimum atomic E-state index is 0.611. The quantitative estimate of drug-likeness (QED) is 0.733. The third kappa shape index (κ3) is 4.39. The molecule has 102 valence electrons. The summed E-state index contributed by atoms with van der Waals surface area (Å²) in [7, 11) is 1.63. The molecule has 0 saturated carbocycles. The van der Waals surface area contributed by atoms with E-state index in [1.807, 2.05) is 13.0 Å². The van der Waals surface area contributed by atoms with Gasteiger partial charge < -0.3 is 14.8 Å². The SMILES string of the molecule is CCCCNCc1cc(Cl)cc(OC)c1OCC. The highest BCUT2D eigenvalue weighted by atomic mass is 35.5. The van der Waals surface area contributed by atoms with E-state index in [-0.39, 0.29) is 0 Å². The zero-order chi connectivity index (χ0) is 13.4. The fourth-order valence-electron chi connectivity index (χ4n) is 1.74. The maximum Gasteiger partial charge on any atom is 0.165 e. The monoisotopic (exact) mass is 271 g/mol. The molecule has 1 aromatic rings. The molecular formula is C14H22ClNO2. The van der Waals surface area contributed by atoms with Crippen LogP contribution in [0.5, 0.6) is 11.5 Å². The van der Waals surface area contributed by atoms with E-state index < -0.39 is 0 Å². The molecule has 0 spiro atoms. The van der Waals surface area contributed by atoms with Crippen molar-refractivity contribution in [3.63, 3.8) is 0 Å². The van der Waals surface area contributed by atoms with Crippen molar-refractivity contribution >= 4 is 11.6 Å². The van der Waals surface area contributed by atoms with E-state index in [0.29, 0.717) is 17.4 Å². The van der Waals surface area contributed by atoms with E-state index >= 15 is 0 Å². The molecular weight excluding hydrogens is 250 g/mol. The Bertz CT molecular complexity index is 369. The zero-order valence-corrected chi connectivity index (χ0v) is 12.1. The van der Waals surface area contributed by atoms with E-state index in [4.69, 9.17) is 21.1 Å². The molecule has 0 saturated heterocycles. The second-order valence-electron chi connectivity index (χ2n) is 4.06. The number of nitrogens with one attached hydrogen (secondary N) is 1. The molecule has 0 aliphatic heterocycles. The summed E-state index contributed by atoms with van der Waals surface area (Å²) in [5.74, 6) is 1.48. The molecule has 0 aliphatic carbocycles. The Morgan fingerprint density at radius 3 is 2.67 bits per heavy atom. The molecule has 1 rings (SSSR count). The lowest BCUT2D eigenvalue weighted by Crippen LogP contribution is -2.15. The molecule has 0 aromatic heterocycles. The molecule has 18 heavy (non-hydrogen) atoms. The largest absolute Gasteiger partial charge is 0.493 e. The lowest BCUT2D eigenvalue weighted by Gasteiger charge is -2.15.